The summed E-state index contributed by atoms with van der Waals surface area (Å²) in [4.78, 5) is 5.02. The molecule has 1 aliphatic rings. The van der Waals surface area contributed by atoms with Crippen molar-refractivity contribution in [2.24, 2.45) is 7.05 Å². The molecule has 25 heavy (non-hydrogen) atoms. The predicted molar refractivity (Wildman–Crippen MR) is 104 cm³/mol. The molecule has 0 saturated heterocycles. The third-order valence-electron chi connectivity index (χ3n) is 5.82. The van der Waals surface area contributed by atoms with Gasteiger partial charge < -0.3 is 0 Å². The zero-order valence-corrected chi connectivity index (χ0v) is 15.8. The lowest BCUT2D eigenvalue weighted by Gasteiger charge is -2.11. The lowest BCUT2D eigenvalue weighted by Crippen LogP contribution is -2.32. The normalized spacial score (nSPS) is 15.2. The van der Waals surface area contributed by atoms with E-state index in [0.717, 1.165) is 17.3 Å². The van der Waals surface area contributed by atoms with Crippen LogP contribution in [0.25, 0.3) is 22.3 Å². The van der Waals surface area contributed by atoms with Crippen molar-refractivity contribution in [3.63, 3.8) is 0 Å². The molecular weight excluding hydrogens is 304 g/mol. The fraction of sp³-hybridized carbons (Fsp3) is 0.391. The Morgan fingerprint density at radius 1 is 1.00 bits per heavy atom. The van der Waals surface area contributed by atoms with Crippen LogP contribution in [0.1, 0.15) is 53.9 Å². The Kier molecular flexibility index (Phi) is 4.07. The highest BCUT2D eigenvalue weighted by Crippen LogP contribution is 2.35. The number of nitrogens with zero attached hydrogens (tertiary/aromatic N) is 2. The monoisotopic (exact) mass is 331 g/mol. The number of benzene rings is 2. The minimum atomic E-state index is 0.746. The highest BCUT2D eigenvalue weighted by molar-refractivity contribution is 5.79. The number of fused-ring (bicyclic) bond motifs is 1. The van der Waals surface area contributed by atoms with Gasteiger partial charge in [-0.2, -0.15) is 0 Å². The summed E-state index contributed by atoms with van der Waals surface area (Å²) in [6, 6.07) is 11.4. The smallest absolute Gasteiger partial charge is 0.232 e. The van der Waals surface area contributed by atoms with Crippen LogP contribution in [-0.4, -0.2) is 4.98 Å². The van der Waals surface area contributed by atoms with Crippen molar-refractivity contribution in [1.82, 2.24) is 4.98 Å². The summed E-state index contributed by atoms with van der Waals surface area (Å²) in [7, 11) is 2.11. The Morgan fingerprint density at radius 3 is 2.52 bits per heavy atom. The lowest BCUT2D eigenvalue weighted by molar-refractivity contribution is -0.661. The Morgan fingerprint density at radius 2 is 1.76 bits per heavy atom. The maximum absolute atomic E-state index is 5.02. The molecule has 0 atom stereocenters. The van der Waals surface area contributed by atoms with Gasteiger partial charge in [0.2, 0.25) is 0 Å². The third-order valence-corrected chi connectivity index (χ3v) is 5.82. The van der Waals surface area contributed by atoms with Gasteiger partial charge in [-0.3, -0.25) is 0 Å². The van der Waals surface area contributed by atoms with Crippen LogP contribution in [0.5, 0.6) is 0 Å². The van der Waals surface area contributed by atoms with Crippen LogP contribution >= 0.6 is 0 Å². The summed E-state index contributed by atoms with van der Waals surface area (Å²) in [6.45, 7) is 6.53. The van der Waals surface area contributed by atoms with Gasteiger partial charge in [-0.05, 0) is 85.0 Å². The van der Waals surface area contributed by atoms with Gasteiger partial charge in [0, 0.05) is 0 Å². The molecule has 2 aromatic carbocycles. The number of hydrogen-bond acceptors (Lipinski definition) is 1. The second-order valence-electron chi connectivity index (χ2n) is 7.73. The van der Waals surface area contributed by atoms with Crippen LogP contribution in [0.4, 0.5) is 0 Å². The fourth-order valence-corrected chi connectivity index (χ4v) is 4.28. The Hall–Kier alpha value is -2.22. The van der Waals surface area contributed by atoms with Crippen molar-refractivity contribution in [2.45, 2.75) is 52.4 Å². The summed E-state index contributed by atoms with van der Waals surface area (Å²) >= 11 is 0. The maximum atomic E-state index is 5.02. The lowest BCUT2D eigenvalue weighted by atomic mass is 9.96. The Balaban J connectivity index is 1.84. The number of hydrogen-bond donors (Lipinski definition) is 0. The molecule has 0 unspecified atom stereocenters. The number of aryl methyl sites for hydroxylation is 3. The molecule has 0 spiro atoms. The first-order valence-electron chi connectivity index (χ1n) is 9.41. The second-order valence-corrected chi connectivity index (χ2v) is 7.73. The van der Waals surface area contributed by atoms with Crippen LogP contribution in [0, 0.1) is 20.8 Å². The van der Waals surface area contributed by atoms with E-state index in [1.54, 1.807) is 0 Å². The molecule has 0 N–H and O–H groups in total. The molecule has 128 valence electrons. The molecule has 0 radical (unpaired) electrons. The molecule has 0 bridgehead atoms. The number of rotatable bonds is 2. The van der Waals surface area contributed by atoms with Crippen LogP contribution in [0.3, 0.4) is 0 Å². The minimum Gasteiger partial charge on any atom is -0.232 e. The first kappa shape index (κ1) is 16.3. The van der Waals surface area contributed by atoms with E-state index < -0.39 is 0 Å². The molecule has 2 heteroatoms. The van der Waals surface area contributed by atoms with Gasteiger partial charge in [-0.25, -0.2) is 4.57 Å². The van der Waals surface area contributed by atoms with Crippen molar-refractivity contribution < 1.29 is 4.57 Å². The molecule has 1 heterocycles. The molecule has 3 aromatic rings. The van der Waals surface area contributed by atoms with E-state index in [4.69, 9.17) is 4.98 Å². The predicted octanol–water partition coefficient (Wildman–Crippen LogP) is 5.31. The van der Waals surface area contributed by atoms with Gasteiger partial charge in [0.25, 0.3) is 0 Å². The second kappa shape index (κ2) is 6.25. The molecule has 1 fully saturated rings. The summed E-state index contributed by atoms with van der Waals surface area (Å²) in [5.41, 5.74) is 7.75. The summed E-state index contributed by atoms with van der Waals surface area (Å²) in [6.07, 6.45) is 7.67. The Labute approximate surface area is 150 Å². The average Bonchev–Trinajstić information content (AvgIpc) is 3.11. The van der Waals surface area contributed by atoms with Crippen molar-refractivity contribution in [1.29, 1.82) is 0 Å². The molecular formula is C23H27N2+. The first-order valence-corrected chi connectivity index (χ1v) is 9.41. The van der Waals surface area contributed by atoms with Crippen molar-refractivity contribution in [3.8, 4) is 11.4 Å². The zero-order valence-electron chi connectivity index (χ0n) is 15.8. The first-order chi connectivity index (χ1) is 12.0. The summed E-state index contributed by atoms with van der Waals surface area (Å²) < 4.78 is 2.18. The van der Waals surface area contributed by atoms with Gasteiger partial charge in [0.15, 0.2) is 5.52 Å². The van der Waals surface area contributed by atoms with E-state index in [1.165, 1.54) is 58.9 Å². The van der Waals surface area contributed by atoms with Gasteiger partial charge in [0.05, 0.1) is 18.0 Å². The quantitative estimate of drug-likeness (QED) is 0.582. The largest absolute Gasteiger partial charge is 0.331 e. The van der Waals surface area contributed by atoms with Gasteiger partial charge in [-0.15, -0.1) is 0 Å². The summed E-state index contributed by atoms with van der Waals surface area (Å²) in [5.74, 6) is 1.79. The average molecular weight is 331 g/mol. The van der Waals surface area contributed by atoms with Crippen LogP contribution < -0.4 is 4.57 Å². The molecule has 1 aromatic heterocycles. The van der Waals surface area contributed by atoms with E-state index in [-0.39, 0.29) is 0 Å². The third kappa shape index (κ3) is 2.95. The van der Waals surface area contributed by atoms with Gasteiger partial charge >= 0.3 is 5.82 Å². The van der Waals surface area contributed by atoms with E-state index in [9.17, 15) is 0 Å². The van der Waals surface area contributed by atoms with E-state index in [2.05, 4.69) is 68.9 Å². The van der Waals surface area contributed by atoms with Crippen LogP contribution in [-0.2, 0) is 7.05 Å². The SMILES string of the molecule is Cc1cc(C)c(C)c(-c2nc3ccc(C4CCCC4)cc3c[n+]2C)c1. The van der Waals surface area contributed by atoms with Crippen LogP contribution in [0.15, 0.2) is 36.5 Å². The standard InChI is InChI=1S/C23H27N2/c1-15-11-16(2)17(3)21(12-15)23-24-22-10-9-19(18-7-5-6-8-18)13-20(22)14-25(23)4/h9-14,18H,5-8H2,1-4H3/q+1. The van der Waals surface area contributed by atoms with Crippen molar-refractivity contribution >= 4 is 10.9 Å². The maximum Gasteiger partial charge on any atom is 0.331 e. The molecule has 2 nitrogen and oxygen atoms in total. The summed E-state index contributed by atoms with van der Waals surface area (Å²) in [5, 5.41) is 1.25. The molecule has 0 aliphatic heterocycles. The number of aromatic nitrogens is 2. The van der Waals surface area contributed by atoms with E-state index in [1.807, 2.05) is 0 Å². The molecule has 0 amide bonds. The zero-order chi connectivity index (χ0) is 17.6. The molecule has 1 aliphatic carbocycles. The highest BCUT2D eigenvalue weighted by Gasteiger charge is 2.21. The van der Waals surface area contributed by atoms with E-state index >= 15 is 0 Å². The molecule has 4 rings (SSSR count). The van der Waals surface area contributed by atoms with Gasteiger partial charge in [-0.1, -0.05) is 25.0 Å². The fourth-order valence-electron chi connectivity index (χ4n) is 4.28. The minimum absolute atomic E-state index is 0.746. The van der Waals surface area contributed by atoms with E-state index in [0.29, 0.717) is 0 Å². The molecule has 1 saturated carbocycles. The van der Waals surface area contributed by atoms with Crippen LogP contribution in [0.2, 0.25) is 0 Å². The van der Waals surface area contributed by atoms with Gasteiger partial charge in [0.1, 0.15) is 6.20 Å². The van der Waals surface area contributed by atoms with Crippen molar-refractivity contribution in [2.75, 3.05) is 0 Å². The van der Waals surface area contributed by atoms with Crippen molar-refractivity contribution in [3.05, 3.63) is 58.8 Å². The highest BCUT2D eigenvalue weighted by atomic mass is 15.0. The topological polar surface area (TPSA) is 16.8 Å². The Bertz CT molecular complexity index is 950.